The molecule has 0 heterocycles. The molecule has 0 spiro atoms. The van der Waals surface area contributed by atoms with Gasteiger partial charge in [0.05, 0.1) is 25.4 Å². The largest absolute Gasteiger partial charge is 0.466 e. The number of amides is 1. The molecule has 2 atom stereocenters. The molecular formula is C55H107NO5. The molecule has 6 heteroatoms. The van der Waals surface area contributed by atoms with Gasteiger partial charge in [-0.25, -0.2) is 0 Å². The van der Waals surface area contributed by atoms with Gasteiger partial charge in [0.25, 0.3) is 0 Å². The van der Waals surface area contributed by atoms with Crippen molar-refractivity contribution in [2.45, 2.75) is 315 Å². The smallest absolute Gasteiger partial charge is 0.305 e. The monoisotopic (exact) mass is 862 g/mol. The van der Waals surface area contributed by atoms with Crippen molar-refractivity contribution in [3.8, 4) is 0 Å². The van der Waals surface area contributed by atoms with Crippen LogP contribution >= 0.6 is 0 Å². The Kier molecular flexibility index (Phi) is 50.1. The Balaban J connectivity index is 3.43. The molecule has 0 fully saturated rings. The molecule has 362 valence electrons. The van der Waals surface area contributed by atoms with Crippen LogP contribution in [0.4, 0.5) is 0 Å². The molecule has 0 radical (unpaired) electrons. The van der Waals surface area contributed by atoms with E-state index in [4.69, 9.17) is 4.74 Å². The summed E-state index contributed by atoms with van der Waals surface area (Å²) < 4.78 is 5.46. The predicted molar refractivity (Wildman–Crippen MR) is 264 cm³/mol. The van der Waals surface area contributed by atoms with Crippen molar-refractivity contribution >= 4 is 11.9 Å². The molecule has 0 aliphatic rings. The van der Waals surface area contributed by atoms with E-state index in [9.17, 15) is 19.8 Å². The van der Waals surface area contributed by atoms with Crippen LogP contribution < -0.4 is 5.32 Å². The summed E-state index contributed by atoms with van der Waals surface area (Å²) >= 11 is 0. The second-order valence-corrected chi connectivity index (χ2v) is 18.9. The molecule has 0 aromatic heterocycles. The highest BCUT2D eigenvalue weighted by atomic mass is 16.5. The first-order valence-corrected chi connectivity index (χ1v) is 27.4. The Bertz CT molecular complexity index is 909. The van der Waals surface area contributed by atoms with Gasteiger partial charge >= 0.3 is 5.97 Å². The van der Waals surface area contributed by atoms with Crippen LogP contribution in [-0.4, -0.2) is 47.4 Å². The third kappa shape index (κ3) is 47.9. The van der Waals surface area contributed by atoms with Crippen LogP contribution in [0.3, 0.4) is 0 Å². The third-order valence-electron chi connectivity index (χ3n) is 12.8. The summed E-state index contributed by atoms with van der Waals surface area (Å²) in [5.74, 6) is -0.0390. The summed E-state index contributed by atoms with van der Waals surface area (Å²) in [6.45, 7) is 4.94. The first-order valence-electron chi connectivity index (χ1n) is 27.4. The van der Waals surface area contributed by atoms with Crippen LogP contribution in [-0.2, 0) is 14.3 Å². The van der Waals surface area contributed by atoms with Crippen molar-refractivity contribution in [1.29, 1.82) is 0 Å². The molecule has 1 amide bonds. The van der Waals surface area contributed by atoms with Gasteiger partial charge in [0.1, 0.15) is 0 Å². The van der Waals surface area contributed by atoms with Crippen LogP contribution in [0.5, 0.6) is 0 Å². The fraction of sp³-hybridized carbons (Fsp3) is 0.927. The zero-order valence-corrected chi connectivity index (χ0v) is 41.2. The summed E-state index contributed by atoms with van der Waals surface area (Å²) in [5.41, 5.74) is 0. The number of carbonyl (C=O) groups is 2. The summed E-state index contributed by atoms with van der Waals surface area (Å²) in [6.07, 6.45) is 59.0. The van der Waals surface area contributed by atoms with E-state index >= 15 is 0 Å². The molecule has 2 unspecified atom stereocenters. The highest BCUT2D eigenvalue weighted by Crippen LogP contribution is 2.17. The van der Waals surface area contributed by atoms with E-state index in [2.05, 4.69) is 31.3 Å². The summed E-state index contributed by atoms with van der Waals surface area (Å²) in [6, 6.07) is -0.547. The van der Waals surface area contributed by atoms with Gasteiger partial charge in [0.2, 0.25) is 5.91 Å². The number of ether oxygens (including phenoxy) is 1. The predicted octanol–water partition coefficient (Wildman–Crippen LogP) is 16.5. The van der Waals surface area contributed by atoms with E-state index in [1.807, 2.05) is 0 Å². The van der Waals surface area contributed by atoms with Gasteiger partial charge in [-0.15, -0.1) is 0 Å². The molecule has 0 bridgehead atoms. The number of hydrogen-bond acceptors (Lipinski definition) is 5. The van der Waals surface area contributed by atoms with Crippen molar-refractivity contribution < 1.29 is 24.5 Å². The average molecular weight is 862 g/mol. The van der Waals surface area contributed by atoms with Gasteiger partial charge in [-0.1, -0.05) is 251 Å². The Morgan fingerprint density at radius 3 is 1.16 bits per heavy atom. The molecular weight excluding hydrogens is 755 g/mol. The molecule has 0 rings (SSSR count). The lowest BCUT2D eigenvalue weighted by molar-refractivity contribution is -0.143. The minimum Gasteiger partial charge on any atom is -0.466 e. The number of esters is 1. The fourth-order valence-electron chi connectivity index (χ4n) is 8.58. The first-order chi connectivity index (χ1) is 30.0. The molecule has 0 aliphatic heterocycles. The molecule has 3 N–H and O–H groups in total. The maximum absolute atomic E-state index is 12.4. The first kappa shape index (κ1) is 59.6. The summed E-state index contributed by atoms with van der Waals surface area (Å²) in [5, 5.41) is 23.2. The van der Waals surface area contributed by atoms with Gasteiger partial charge in [0.15, 0.2) is 0 Å². The number of carbonyl (C=O) groups excluding carboxylic acids is 2. The number of unbranched alkanes of at least 4 members (excludes halogenated alkanes) is 38. The highest BCUT2D eigenvalue weighted by molar-refractivity contribution is 5.76. The van der Waals surface area contributed by atoms with Crippen molar-refractivity contribution in [3.63, 3.8) is 0 Å². The lowest BCUT2D eigenvalue weighted by Gasteiger charge is -2.22. The van der Waals surface area contributed by atoms with Crippen LogP contribution in [0.25, 0.3) is 0 Å². The topological polar surface area (TPSA) is 95.9 Å². The lowest BCUT2D eigenvalue weighted by atomic mass is 10.0. The van der Waals surface area contributed by atoms with Crippen molar-refractivity contribution in [3.05, 3.63) is 12.2 Å². The quantitative estimate of drug-likeness (QED) is 0.0322. The maximum Gasteiger partial charge on any atom is 0.305 e. The number of aliphatic hydroxyl groups excluding tert-OH is 2. The normalized spacial score (nSPS) is 12.7. The van der Waals surface area contributed by atoms with Crippen LogP contribution in [0.15, 0.2) is 12.2 Å². The molecule has 0 saturated carbocycles. The number of allylic oxidation sites excluding steroid dienone is 2. The Morgan fingerprint density at radius 2 is 0.770 bits per heavy atom. The van der Waals surface area contributed by atoms with Gasteiger partial charge in [-0.3, -0.25) is 9.59 Å². The van der Waals surface area contributed by atoms with E-state index in [-0.39, 0.29) is 18.5 Å². The lowest BCUT2D eigenvalue weighted by Crippen LogP contribution is -2.45. The van der Waals surface area contributed by atoms with Gasteiger partial charge in [-0.2, -0.15) is 0 Å². The summed E-state index contributed by atoms with van der Waals surface area (Å²) in [7, 11) is 0. The Labute approximate surface area is 380 Å². The second-order valence-electron chi connectivity index (χ2n) is 18.9. The molecule has 0 saturated heterocycles. The maximum atomic E-state index is 12.4. The SMILES string of the molecule is CCCCCCCCCCCCCCCC(O)C(CO)NC(=O)CCCCCCCCC/C=C\CCCCCCCCCCOC(=O)CCCCCCCCCCCCCC. The van der Waals surface area contributed by atoms with E-state index in [0.717, 1.165) is 44.9 Å². The van der Waals surface area contributed by atoms with E-state index in [1.54, 1.807) is 0 Å². The standard InChI is InChI=1S/C55H107NO5/c1-3-5-7-9-11-13-15-24-27-31-35-39-43-47-53(58)52(51-57)56-54(59)48-44-40-36-32-28-25-22-20-18-17-19-21-23-26-30-34-38-42-46-50-61-55(60)49-45-41-37-33-29-16-14-12-10-8-6-4-2/h17-18,52-53,57-58H,3-16,19-51H2,1-2H3,(H,56,59)/b18-17-. The molecule has 0 aliphatic carbocycles. The van der Waals surface area contributed by atoms with Crippen LogP contribution in [0, 0.1) is 0 Å². The van der Waals surface area contributed by atoms with E-state index in [1.165, 1.54) is 225 Å². The van der Waals surface area contributed by atoms with Gasteiger partial charge < -0.3 is 20.3 Å². The van der Waals surface area contributed by atoms with Gasteiger partial charge in [-0.05, 0) is 51.4 Å². The fourth-order valence-corrected chi connectivity index (χ4v) is 8.58. The van der Waals surface area contributed by atoms with E-state index in [0.29, 0.717) is 25.9 Å². The highest BCUT2D eigenvalue weighted by Gasteiger charge is 2.20. The second kappa shape index (κ2) is 51.2. The zero-order valence-electron chi connectivity index (χ0n) is 41.2. The number of nitrogens with one attached hydrogen (secondary N) is 1. The molecule has 0 aromatic rings. The minimum atomic E-state index is -0.668. The Hall–Kier alpha value is -1.40. The Morgan fingerprint density at radius 1 is 0.443 bits per heavy atom. The van der Waals surface area contributed by atoms with Crippen molar-refractivity contribution in [1.82, 2.24) is 5.32 Å². The van der Waals surface area contributed by atoms with Crippen LogP contribution in [0.1, 0.15) is 303 Å². The molecule has 6 nitrogen and oxygen atoms in total. The van der Waals surface area contributed by atoms with Crippen molar-refractivity contribution in [2.24, 2.45) is 0 Å². The number of aliphatic hydroxyl groups is 2. The zero-order chi connectivity index (χ0) is 44.4. The van der Waals surface area contributed by atoms with E-state index < -0.39 is 12.1 Å². The minimum absolute atomic E-state index is 0.00485. The third-order valence-corrected chi connectivity index (χ3v) is 12.8. The van der Waals surface area contributed by atoms with Crippen molar-refractivity contribution in [2.75, 3.05) is 13.2 Å². The molecule has 61 heavy (non-hydrogen) atoms. The van der Waals surface area contributed by atoms with Gasteiger partial charge in [0, 0.05) is 12.8 Å². The van der Waals surface area contributed by atoms with Crippen LogP contribution in [0.2, 0.25) is 0 Å². The molecule has 0 aromatic carbocycles. The average Bonchev–Trinajstić information content (AvgIpc) is 3.26. The number of rotatable bonds is 51. The number of hydrogen-bond donors (Lipinski definition) is 3. The summed E-state index contributed by atoms with van der Waals surface area (Å²) in [4.78, 5) is 24.4.